The highest BCUT2D eigenvalue weighted by atomic mass is 16.7. The molecule has 16 N–H and O–H groups in total. The first kappa shape index (κ1) is 83.9. The van der Waals surface area contributed by atoms with E-state index >= 15 is 0 Å². The zero-order valence-corrected chi connectivity index (χ0v) is 56.4. The zero-order valence-electron chi connectivity index (χ0n) is 56.4. The van der Waals surface area contributed by atoms with Crippen LogP contribution in [0.4, 0.5) is 0 Å². The van der Waals surface area contributed by atoms with Crippen LogP contribution in [0.3, 0.4) is 0 Å². The Morgan fingerprint density at radius 1 is 0.448 bits per heavy atom. The third-order valence-corrected chi connectivity index (χ3v) is 16.6. The van der Waals surface area contributed by atoms with Crippen molar-refractivity contribution in [2.24, 2.45) is 17.8 Å². The molecule has 4 aliphatic rings. The largest absolute Gasteiger partial charge is 0.396 e. The first-order chi connectivity index (χ1) is 45.7. The van der Waals surface area contributed by atoms with E-state index < -0.39 is 146 Å². The maximum absolute atomic E-state index is 14.3. The number of hydrogen-bond acceptors (Lipinski definition) is 27. The summed E-state index contributed by atoms with van der Waals surface area (Å²) in [5.41, 5.74) is -1.81. The minimum absolute atomic E-state index is 0.00785. The van der Waals surface area contributed by atoms with Crippen molar-refractivity contribution in [2.45, 2.75) is 196 Å². The predicted molar refractivity (Wildman–Crippen MR) is 336 cm³/mol. The van der Waals surface area contributed by atoms with E-state index in [0.717, 1.165) is 0 Å². The van der Waals surface area contributed by atoms with Gasteiger partial charge in [-0.3, -0.25) is 33.6 Å². The van der Waals surface area contributed by atoms with Gasteiger partial charge in [0.25, 0.3) is 0 Å². The van der Waals surface area contributed by atoms with Crippen LogP contribution in [0.2, 0.25) is 0 Å². The molecule has 0 aromatic heterocycles. The maximum atomic E-state index is 14.3. The highest BCUT2D eigenvalue weighted by Gasteiger charge is 2.47. The number of ether oxygens (including phenoxy) is 11. The fourth-order valence-electron chi connectivity index (χ4n) is 11.7. The van der Waals surface area contributed by atoms with Gasteiger partial charge in [-0.15, -0.1) is 0 Å². The van der Waals surface area contributed by atoms with Gasteiger partial charge < -0.3 is 135 Å². The van der Waals surface area contributed by atoms with Crippen LogP contribution >= 0.6 is 0 Å². The molecule has 0 radical (unpaired) electrons. The molecule has 3 aliphatic carbocycles. The lowest BCUT2D eigenvalue weighted by atomic mass is 9.79. The van der Waals surface area contributed by atoms with E-state index in [2.05, 4.69) is 37.2 Å². The van der Waals surface area contributed by atoms with E-state index in [9.17, 15) is 79.5 Å². The van der Waals surface area contributed by atoms with Crippen molar-refractivity contribution in [3.05, 3.63) is 0 Å². The number of amides is 7. The molecule has 0 spiro atoms. The average molecular weight is 1390 g/mol. The number of carbonyl (C=O) groups excluding carboxylic acids is 7. The van der Waals surface area contributed by atoms with E-state index in [1.165, 1.54) is 20.8 Å². The normalized spacial score (nSPS) is 29.1. The molecule has 34 heteroatoms. The number of nitrogens with one attached hydrogen (secondary N) is 7. The highest BCUT2D eigenvalue weighted by Crippen LogP contribution is 2.32. The van der Waals surface area contributed by atoms with Crippen molar-refractivity contribution in [3.63, 3.8) is 0 Å². The Hall–Kier alpha value is -4.51. The van der Waals surface area contributed by atoms with Gasteiger partial charge in [-0.05, 0) is 59.3 Å². The molecular formula is C62H111N7O27. The molecule has 0 bridgehead atoms. The summed E-state index contributed by atoms with van der Waals surface area (Å²) in [6.07, 6.45) is -9.71. The molecule has 0 aromatic rings. The van der Waals surface area contributed by atoms with Gasteiger partial charge in [0.1, 0.15) is 42.1 Å². The average Bonchev–Trinajstić information content (AvgIpc) is 0.840. The van der Waals surface area contributed by atoms with Crippen molar-refractivity contribution in [1.29, 1.82) is 0 Å². The third kappa shape index (κ3) is 30.5. The number of hydrogen-bond donors (Lipinski definition) is 16. The van der Waals surface area contributed by atoms with Crippen molar-refractivity contribution < 1.29 is 132 Å². The van der Waals surface area contributed by atoms with Crippen molar-refractivity contribution in [3.8, 4) is 0 Å². The minimum Gasteiger partial charge on any atom is -0.396 e. The molecule has 1 aliphatic heterocycles. The maximum Gasteiger partial charge on any atom is 0.223 e. The molecule has 7 amide bonds. The highest BCUT2D eigenvalue weighted by molar-refractivity contribution is 5.80. The smallest absolute Gasteiger partial charge is 0.223 e. The number of aliphatic hydroxyl groups is 9. The number of carbonyl (C=O) groups is 7. The molecule has 96 heavy (non-hydrogen) atoms. The van der Waals surface area contributed by atoms with Crippen LogP contribution in [0.5, 0.6) is 0 Å². The van der Waals surface area contributed by atoms with Crippen LogP contribution in [-0.4, -0.2) is 322 Å². The molecule has 34 nitrogen and oxygen atoms in total. The van der Waals surface area contributed by atoms with Crippen LogP contribution < -0.4 is 37.2 Å². The molecular weight excluding hydrogens is 1270 g/mol. The second-order valence-electron chi connectivity index (χ2n) is 25.7. The van der Waals surface area contributed by atoms with Gasteiger partial charge in [-0.25, -0.2) is 0 Å². The fourth-order valence-corrected chi connectivity index (χ4v) is 11.7. The monoisotopic (exact) mass is 1390 g/mol. The van der Waals surface area contributed by atoms with E-state index in [1.807, 2.05) is 20.8 Å². The van der Waals surface area contributed by atoms with Crippen molar-refractivity contribution in [1.82, 2.24) is 37.2 Å². The Morgan fingerprint density at radius 2 is 0.833 bits per heavy atom. The quantitative estimate of drug-likeness (QED) is 0.0252. The summed E-state index contributed by atoms with van der Waals surface area (Å²) in [6, 6.07) is -2.94. The lowest BCUT2D eigenvalue weighted by molar-refractivity contribution is -0.272. The lowest BCUT2D eigenvalue weighted by Crippen LogP contribution is -2.64. The third-order valence-electron chi connectivity index (χ3n) is 16.6. The first-order valence-electron chi connectivity index (χ1n) is 33.2. The molecule has 15 unspecified atom stereocenters. The van der Waals surface area contributed by atoms with Gasteiger partial charge in [0, 0.05) is 90.6 Å². The van der Waals surface area contributed by atoms with Crippen molar-refractivity contribution >= 4 is 41.4 Å². The topological polar surface area (TPSA) is 487 Å². The first-order valence-corrected chi connectivity index (χ1v) is 33.2. The summed E-state index contributed by atoms with van der Waals surface area (Å²) < 4.78 is 64.4. The molecule has 4 fully saturated rings. The van der Waals surface area contributed by atoms with E-state index in [1.54, 1.807) is 0 Å². The predicted octanol–water partition coefficient (Wildman–Crippen LogP) is -5.96. The van der Waals surface area contributed by atoms with Crippen LogP contribution in [0.15, 0.2) is 0 Å². The molecule has 4 rings (SSSR count). The number of aliphatic hydroxyl groups excluding tert-OH is 9. The Labute approximate surface area is 560 Å². The van der Waals surface area contributed by atoms with Gasteiger partial charge >= 0.3 is 0 Å². The van der Waals surface area contributed by atoms with Crippen LogP contribution in [0.25, 0.3) is 0 Å². The zero-order chi connectivity index (χ0) is 70.8. The van der Waals surface area contributed by atoms with E-state index in [0.29, 0.717) is 25.7 Å². The second-order valence-corrected chi connectivity index (χ2v) is 25.7. The van der Waals surface area contributed by atoms with Gasteiger partial charge in [-0.2, -0.15) is 0 Å². The molecule has 1 saturated heterocycles. The van der Waals surface area contributed by atoms with Gasteiger partial charge in [-0.1, -0.05) is 0 Å². The van der Waals surface area contributed by atoms with Crippen LogP contribution in [0, 0.1) is 17.8 Å². The van der Waals surface area contributed by atoms with Crippen LogP contribution in [0.1, 0.15) is 99.3 Å². The van der Waals surface area contributed by atoms with Gasteiger partial charge in [0.2, 0.25) is 41.4 Å². The van der Waals surface area contributed by atoms with Crippen molar-refractivity contribution in [2.75, 3.05) is 139 Å². The summed E-state index contributed by atoms with van der Waals surface area (Å²) in [5, 5.41) is 111. The van der Waals surface area contributed by atoms with E-state index in [4.69, 9.17) is 52.1 Å². The second kappa shape index (κ2) is 44.6. The standard InChI is InChI=1S/C62H111N7O27/c1-37(73)66-50-44(29-41(31-70)53(79)56(50)82)92-26-23-86-20-14-63-47(76)11-17-89-34-62(69-59(85)40-7-9-43(10-8-40)96-61(4,5)6,35-90-18-12-48(77)64-15-21-87-24-27-93-45-30-42(32-71)54(80)57(83)51(45)67-38(2)74)36-91-19-13-49(78)65-16-22-88-25-28-94-60-52(68-39(3)75)58(84)55(81)46(33-72)95-60/h40-46,50-58,60,70-72,79-84H,7-36H2,1-6H3,(H,63,76)(H,64,77)(H,65,78)(H,66,73)(H,67,74)(H,68,75)(H,69,85). The lowest BCUT2D eigenvalue weighted by Gasteiger charge is -2.42. The summed E-state index contributed by atoms with van der Waals surface area (Å²) in [4.78, 5) is 88.8. The minimum atomic E-state index is -1.48. The number of rotatable bonds is 45. The van der Waals surface area contributed by atoms with Gasteiger partial charge in [0.15, 0.2) is 6.29 Å². The van der Waals surface area contributed by atoms with Crippen LogP contribution in [-0.2, 0) is 85.7 Å². The molecule has 3 saturated carbocycles. The Morgan fingerprint density at radius 3 is 1.21 bits per heavy atom. The Kier molecular flexibility index (Phi) is 39.0. The molecule has 15 atom stereocenters. The van der Waals surface area contributed by atoms with E-state index in [-0.39, 0.29) is 180 Å². The summed E-state index contributed by atoms with van der Waals surface area (Å²) in [7, 11) is 0. The molecule has 0 aromatic carbocycles. The molecule has 1 heterocycles. The molecule has 556 valence electrons. The Bertz CT molecular complexity index is 2090. The Balaban J connectivity index is 1.32. The fraction of sp³-hybridized carbons (Fsp3) is 0.887. The summed E-state index contributed by atoms with van der Waals surface area (Å²) >= 11 is 0. The summed E-state index contributed by atoms with van der Waals surface area (Å²) in [6.45, 7) is 7.97. The van der Waals surface area contributed by atoms with Gasteiger partial charge in [0.05, 0.1) is 154 Å². The SMILES string of the molecule is CC(=O)NC1C(OCCOCCNC(=O)CCOCC(COCCC(=O)NCCOCCOC2CC(CO)C(O)C(O)C2NC(C)=O)(COCCC(=O)NCCOCCOC2OC(CO)C(O)C(O)C2NC(C)=O)NC(=O)C2CCC(OC(C)(C)C)CC2)CC(CO)C(O)C1O. The summed E-state index contributed by atoms with van der Waals surface area (Å²) in [5.74, 6) is -4.59.